The summed E-state index contributed by atoms with van der Waals surface area (Å²) in [5.74, 6) is 0. The van der Waals surface area contributed by atoms with Crippen LogP contribution < -0.4 is 0 Å². The number of hydrogen-bond donors (Lipinski definition) is 1. The summed E-state index contributed by atoms with van der Waals surface area (Å²) in [5.41, 5.74) is 2.10. The van der Waals surface area contributed by atoms with Gasteiger partial charge >= 0.3 is 0 Å². The van der Waals surface area contributed by atoms with Crippen LogP contribution in [0.4, 0.5) is 0 Å². The van der Waals surface area contributed by atoms with Crippen LogP contribution in [0.1, 0.15) is 25.3 Å². The first kappa shape index (κ1) is 12.2. The first-order valence-corrected chi connectivity index (χ1v) is 6.92. The number of rotatable bonds is 2. The number of halogens is 1. The Morgan fingerprint density at radius 2 is 2.28 bits per heavy atom. The van der Waals surface area contributed by atoms with Gasteiger partial charge in [0.25, 0.3) is 0 Å². The van der Waals surface area contributed by atoms with Crippen LogP contribution in [0.2, 0.25) is 5.02 Å². The van der Waals surface area contributed by atoms with Crippen molar-refractivity contribution in [1.82, 2.24) is 9.55 Å². The number of aromatic nitrogens is 2. The Labute approximate surface area is 116 Å². The number of nitrogens with zero attached hydrogens (tertiary/aromatic N) is 1. The average Bonchev–Trinajstić information content (AvgIpc) is 2.90. The van der Waals surface area contributed by atoms with E-state index in [2.05, 4.69) is 9.55 Å². The van der Waals surface area contributed by atoms with Crippen molar-refractivity contribution in [3.05, 3.63) is 28.0 Å². The Kier molecular flexibility index (Phi) is 3.18. The summed E-state index contributed by atoms with van der Waals surface area (Å²) in [4.78, 5) is 3.23. The molecule has 0 spiro atoms. The number of aromatic amines is 1. The molecular weight excluding hydrogens is 268 g/mol. The summed E-state index contributed by atoms with van der Waals surface area (Å²) >= 11 is 11.5. The van der Waals surface area contributed by atoms with Crippen molar-refractivity contribution in [2.24, 2.45) is 0 Å². The number of imidazole rings is 1. The lowest BCUT2D eigenvalue weighted by atomic mass is 10.2. The molecule has 1 aromatic carbocycles. The number of benzene rings is 1. The van der Waals surface area contributed by atoms with Crippen molar-refractivity contribution >= 4 is 34.9 Å². The van der Waals surface area contributed by atoms with Gasteiger partial charge in [0.15, 0.2) is 4.77 Å². The Balaban J connectivity index is 2.16. The first-order valence-electron chi connectivity index (χ1n) is 6.13. The lowest BCUT2D eigenvalue weighted by molar-refractivity contribution is 0.0758. The third-order valence-electron chi connectivity index (χ3n) is 3.73. The number of methoxy groups -OCH3 is 1. The third kappa shape index (κ3) is 1.88. The Hall–Kier alpha value is -0.840. The van der Waals surface area contributed by atoms with E-state index in [1.54, 1.807) is 7.11 Å². The van der Waals surface area contributed by atoms with Gasteiger partial charge < -0.3 is 14.3 Å². The van der Waals surface area contributed by atoms with Crippen molar-refractivity contribution in [1.29, 1.82) is 0 Å². The maximum Gasteiger partial charge on any atom is 0.178 e. The smallest absolute Gasteiger partial charge is 0.178 e. The van der Waals surface area contributed by atoms with Crippen LogP contribution in [0.3, 0.4) is 0 Å². The zero-order chi connectivity index (χ0) is 12.7. The second kappa shape index (κ2) is 4.68. The molecule has 2 aromatic rings. The molecule has 3 rings (SSSR count). The molecule has 0 saturated heterocycles. The highest BCUT2D eigenvalue weighted by Gasteiger charge is 2.30. The molecule has 1 saturated carbocycles. The van der Waals surface area contributed by atoms with Gasteiger partial charge in [-0.05, 0) is 49.7 Å². The Morgan fingerprint density at radius 1 is 1.44 bits per heavy atom. The van der Waals surface area contributed by atoms with E-state index < -0.39 is 0 Å². The van der Waals surface area contributed by atoms with E-state index in [-0.39, 0.29) is 6.10 Å². The van der Waals surface area contributed by atoms with Gasteiger partial charge in [0.05, 0.1) is 23.2 Å². The molecule has 2 atom stereocenters. The van der Waals surface area contributed by atoms with Crippen LogP contribution in [0.5, 0.6) is 0 Å². The quantitative estimate of drug-likeness (QED) is 0.841. The minimum atomic E-state index is 0.256. The van der Waals surface area contributed by atoms with E-state index >= 15 is 0 Å². The molecule has 1 fully saturated rings. The molecule has 1 aliphatic carbocycles. The molecule has 1 aromatic heterocycles. The van der Waals surface area contributed by atoms with Crippen LogP contribution in [0, 0.1) is 4.77 Å². The van der Waals surface area contributed by atoms with Crippen molar-refractivity contribution in [2.45, 2.75) is 31.4 Å². The highest BCUT2D eigenvalue weighted by molar-refractivity contribution is 7.71. The summed E-state index contributed by atoms with van der Waals surface area (Å²) < 4.78 is 8.50. The van der Waals surface area contributed by atoms with Crippen molar-refractivity contribution < 1.29 is 4.74 Å². The molecule has 2 unspecified atom stereocenters. The fourth-order valence-electron chi connectivity index (χ4n) is 2.91. The zero-order valence-electron chi connectivity index (χ0n) is 10.1. The minimum Gasteiger partial charge on any atom is -0.379 e. The van der Waals surface area contributed by atoms with Gasteiger partial charge in [-0.3, -0.25) is 0 Å². The van der Waals surface area contributed by atoms with Crippen molar-refractivity contribution in [2.75, 3.05) is 7.11 Å². The van der Waals surface area contributed by atoms with Gasteiger partial charge in [-0.15, -0.1) is 0 Å². The van der Waals surface area contributed by atoms with E-state index in [1.165, 1.54) is 6.42 Å². The van der Waals surface area contributed by atoms with Gasteiger partial charge in [0, 0.05) is 12.1 Å². The normalized spacial score (nSPS) is 23.9. The second-order valence-corrected chi connectivity index (χ2v) is 5.56. The van der Waals surface area contributed by atoms with E-state index in [9.17, 15) is 0 Å². The molecule has 1 aliphatic rings. The highest BCUT2D eigenvalue weighted by atomic mass is 35.5. The highest BCUT2D eigenvalue weighted by Crippen LogP contribution is 2.35. The van der Waals surface area contributed by atoms with Gasteiger partial charge in [0.2, 0.25) is 0 Å². The summed E-state index contributed by atoms with van der Waals surface area (Å²) in [6.45, 7) is 0. The van der Waals surface area contributed by atoms with Gasteiger partial charge in [0.1, 0.15) is 0 Å². The van der Waals surface area contributed by atoms with Crippen LogP contribution in [-0.2, 0) is 4.74 Å². The SMILES string of the molecule is COC1CCCC1n1c(=S)[nH]c2cc(Cl)ccc21. The van der Waals surface area contributed by atoms with Crippen molar-refractivity contribution in [3.8, 4) is 0 Å². The Morgan fingerprint density at radius 3 is 3.06 bits per heavy atom. The second-order valence-electron chi connectivity index (χ2n) is 4.73. The lowest BCUT2D eigenvalue weighted by Gasteiger charge is -2.20. The molecule has 1 heterocycles. The number of ether oxygens (including phenoxy) is 1. The standard InChI is InChI=1S/C13H15ClN2OS/c1-17-12-4-2-3-11(12)16-10-6-5-8(14)7-9(10)15-13(16)18/h5-7,11-12H,2-4H2,1H3,(H,15,18). The summed E-state index contributed by atoms with van der Waals surface area (Å²) in [6.07, 6.45) is 3.66. The molecule has 3 nitrogen and oxygen atoms in total. The first-order chi connectivity index (χ1) is 8.70. The molecule has 5 heteroatoms. The van der Waals surface area contributed by atoms with E-state index in [1.807, 2.05) is 18.2 Å². The van der Waals surface area contributed by atoms with E-state index in [0.29, 0.717) is 6.04 Å². The van der Waals surface area contributed by atoms with Crippen LogP contribution in [-0.4, -0.2) is 22.8 Å². The van der Waals surface area contributed by atoms with Crippen LogP contribution >= 0.6 is 23.8 Å². The minimum absolute atomic E-state index is 0.256. The maximum absolute atomic E-state index is 6.01. The average molecular weight is 283 g/mol. The molecule has 0 bridgehead atoms. The van der Waals surface area contributed by atoms with Crippen molar-refractivity contribution in [3.63, 3.8) is 0 Å². The topological polar surface area (TPSA) is 29.9 Å². The fourth-order valence-corrected chi connectivity index (χ4v) is 3.43. The zero-order valence-corrected chi connectivity index (χ0v) is 11.7. The molecule has 18 heavy (non-hydrogen) atoms. The molecule has 96 valence electrons. The predicted molar refractivity (Wildman–Crippen MR) is 75.8 cm³/mol. The number of hydrogen-bond acceptors (Lipinski definition) is 2. The predicted octanol–water partition coefficient (Wildman–Crippen LogP) is 4.09. The third-order valence-corrected chi connectivity index (χ3v) is 4.26. The number of nitrogens with one attached hydrogen (secondary N) is 1. The fraction of sp³-hybridized carbons (Fsp3) is 0.462. The largest absolute Gasteiger partial charge is 0.379 e. The van der Waals surface area contributed by atoms with E-state index in [4.69, 9.17) is 28.6 Å². The van der Waals surface area contributed by atoms with Gasteiger partial charge in [-0.25, -0.2) is 0 Å². The van der Waals surface area contributed by atoms with Gasteiger partial charge in [-0.2, -0.15) is 0 Å². The molecule has 1 N–H and O–H groups in total. The summed E-state index contributed by atoms with van der Waals surface area (Å²) in [5, 5.41) is 0.723. The molecule has 0 aliphatic heterocycles. The number of fused-ring (bicyclic) bond motifs is 1. The summed E-state index contributed by atoms with van der Waals surface area (Å²) in [6, 6.07) is 6.17. The molecular formula is C13H15ClN2OS. The van der Waals surface area contributed by atoms with E-state index in [0.717, 1.165) is 33.7 Å². The lowest BCUT2D eigenvalue weighted by Crippen LogP contribution is -2.20. The molecule has 0 amide bonds. The van der Waals surface area contributed by atoms with Crippen LogP contribution in [0.15, 0.2) is 18.2 Å². The Bertz CT molecular complexity index is 633. The molecule has 0 radical (unpaired) electrons. The maximum atomic E-state index is 6.01. The summed E-state index contributed by atoms with van der Waals surface area (Å²) in [7, 11) is 1.78. The monoisotopic (exact) mass is 282 g/mol. The van der Waals surface area contributed by atoms with Gasteiger partial charge in [-0.1, -0.05) is 11.6 Å². The number of H-pyrrole nitrogens is 1. The van der Waals surface area contributed by atoms with Crippen LogP contribution in [0.25, 0.3) is 11.0 Å².